The number of ether oxygens (including phenoxy) is 2. The second-order valence-corrected chi connectivity index (χ2v) is 1.92. The minimum Gasteiger partial charge on any atom is -0.473 e. The summed E-state index contributed by atoms with van der Waals surface area (Å²) in [7, 11) is 0. The molecular formula is C6H5ClO3. The van der Waals surface area contributed by atoms with Gasteiger partial charge in [-0.2, -0.15) is 0 Å². The highest BCUT2D eigenvalue weighted by molar-refractivity contribution is 6.61. The van der Waals surface area contributed by atoms with Crippen LogP contribution in [-0.2, 0) is 9.47 Å². The Hall–Kier alpha value is -0.960. The Bertz CT molecular complexity index is 173. The van der Waals surface area contributed by atoms with Crippen LogP contribution < -0.4 is 0 Å². The quantitative estimate of drug-likeness (QED) is 0.549. The third-order valence-electron chi connectivity index (χ3n) is 0.922. The van der Waals surface area contributed by atoms with E-state index < -0.39 is 11.5 Å². The SMILES string of the molecule is O=C(Cl)OC1C=COC=C1. The van der Waals surface area contributed by atoms with Gasteiger partial charge < -0.3 is 9.47 Å². The summed E-state index contributed by atoms with van der Waals surface area (Å²) in [5.74, 6) is 0. The summed E-state index contributed by atoms with van der Waals surface area (Å²) < 4.78 is 9.25. The van der Waals surface area contributed by atoms with Crippen molar-refractivity contribution in [3.8, 4) is 0 Å². The minimum absolute atomic E-state index is 0.390. The molecule has 0 aromatic rings. The first-order valence-corrected chi connectivity index (χ1v) is 3.02. The van der Waals surface area contributed by atoms with Crippen LogP contribution in [0.15, 0.2) is 24.7 Å². The fourth-order valence-electron chi connectivity index (χ4n) is 0.541. The first-order chi connectivity index (χ1) is 4.79. The van der Waals surface area contributed by atoms with E-state index >= 15 is 0 Å². The monoisotopic (exact) mass is 160 g/mol. The molecule has 0 atom stereocenters. The Morgan fingerprint density at radius 1 is 1.50 bits per heavy atom. The predicted octanol–water partition coefficient (Wildman–Crippen LogP) is 1.79. The van der Waals surface area contributed by atoms with Crippen molar-refractivity contribution in [3.05, 3.63) is 24.7 Å². The molecule has 0 radical (unpaired) electrons. The highest BCUT2D eigenvalue weighted by atomic mass is 35.5. The molecule has 0 aromatic heterocycles. The molecule has 0 aliphatic carbocycles. The molecule has 3 nitrogen and oxygen atoms in total. The van der Waals surface area contributed by atoms with Crippen molar-refractivity contribution in [2.45, 2.75) is 6.10 Å². The van der Waals surface area contributed by atoms with E-state index in [1.54, 1.807) is 12.2 Å². The van der Waals surface area contributed by atoms with Gasteiger partial charge in [0.1, 0.15) is 6.10 Å². The molecular weight excluding hydrogens is 156 g/mol. The Morgan fingerprint density at radius 2 is 2.10 bits per heavy atom. The van der Waals surface area contributed by atoms with Gasteiger partial charge in [-0.15, -0.1) is 0 Å². The zero-order chi connectivity index (χ0) is 7.40. The number of rotatable bonds is 1. The van der Waals surface area contributed by atoms with E-state index in [0.29, 0.717) is 0 Å². The van der Waals surface area contributed by atoms with Gasteiger partial charge in [0.25, 0.3) is 0 Å². The summed E-state index contributed by atoms with van der Waals surface area (Å²) in [5, 5.41) is 0. The lowest BCUT2D eigenvalue weighted by Gasteiger charge is -2.08. The van der Waals surface area contributed by atoms with E-state index in [-0.39, 0.29) is 0 Å². The van der Waals surface area contributed by atoms with Gasteiger partial charge in [0, 0.05) is 11.6 Å². The summed E-state index contributed by atoms with van der Waals surface area (Å²) in [6.07, 6.45) is 5.59. The molecule has 0 amide bonds. The molecule has 0 bridgehead atoms. The van der Waals surface area contributed by atoms with Crippen molar-refractivity contribution in [1.82, 2.24) is 0 Å². The molecule has 1 aliphatic rings. The summed E-state index contributed by atoms with van der Waals surface area (Å²) in [6, 6.07) is 0. The van der Waals surface area contributed by atoms with Crippen LogP contribution in [-0.4, -0.2) is 11.5 Å². The van der Waals surface area contributed by atoms with Crippen LogP contribution in [0.5, 0.6) is 0 Å². The maximum atomic E-state index is 10.1. The number of hydrogen-bond acceptors (Lipinski definition) is 3. The summed E-state index contributed by atoms with van der Waals surface area (Å²) >= 11 is 4.94. The summed E-state index contributed by atoms with van der Waals surface area (Å²) in [5.41, 5.74) is -0.818. The van der Waals surface area contributed by atoms with E-state index in [2.05, 4.69) is 9.47 Å². The van der Waals surface area contributed by atoms with Crippen LogP contribution in [0.3, 0.4) is 0 Å². The van der Waals surface area contributed by atoms with Crippen LogP contribution in [0.1, 0.15) is 0 Å². The molecule has 0 spiro atoms. The average molecular weight is 161 g/mol. The van der Waals surface area contributed by atoms with Gasteiger partial charge in [0.05, 0.1) is 12.5 Å². The molecule has 0 unspecified atom stereocenters. The summed E-state index contributed by atoms with van der Waals surface area (Å²) in [4.78, 5) is 10.1. The molecule has 0 N–H and O–H groups in total. The van der Waals surface area contributed by atoms with Crippen molar-refractivity contribution in [2.24, 2.45) is 0 Å². The summed E-state index contributed by atoms with van der Waals surface area (Å²) in [6.45, 7) is 0. The number of carbonyl (C=O) groups is 1. The molecule has 0 saturated heterocycles. The molecule has 10 heavy (non-hydrogen) atoms. The zero-order valence-electron chi connectivity index (χ0n) is 4.99. The second-order valence-electron chi connectivity index (χ2n) is 1.61. The normalized spacial score (nSPS) is 16.5. The van der Waals surface area contributed by atoms with E-state index in [1.165, 1.54) is 12.5 Å². The van der Waals surface area contributed by atoms with Crippen LogP contribution in [0.4, 0.5) is 4.79 Å². The highest BCUT2D eigenvalue weighted by Gasteiger charge is 2.06. The van der Waals surface area contributed by atoms with Crippen molar-refractivity contribution >= 4 is 17.0 Å². The number of hydrogen-bond donors (Lipinski definition) is 0. The number of halogens is 1. The Balaban J connectivity index is 2.40. The molecule has 0 aromatic carbocycles. The average Bonchev–Trinajstić information content (AvgIpc) is 1.88. The van der Waals surface area contributed by atoms with Gasteiger partial charge in [0.2, 0.25) is 0 Å². The molecule has 4 heteroatoms. The molecule has 0 saturated carbocycles. The second kappa shape index (κ2) is 3.27. The Labute approximate surface area is 62.9 Å². The first-order valence-electron chi connectivity index (χ1n) is 2.64. The third kappa shape index (κ3) is 2.11. The van der Waals surface area contributed by atoms with Crippen LogP contribution in [0.2, 0.25) is 0 Å². The number of carbonyl (C=O) groups excluding carboxylic acids is 1. The smallest absolute Gasteiger partial charge is 0.404 e. The topological polar surface area (TPSA) is 35.5 Å². The molecule has 1 heterocycles. The fourth-order valence-corrected chi connectivity index (χ4v) is 0.644. The van der Waals surface area contributed by atoms with Crippen LogP contribution in [0, 0.1) is 0 Å². The fraction of sp³-hybridized carbons (Fsp3) is 0.167. The lowest BCUT2D eigenvalue weighted by Crippen LogP contribution is -2.09. The first kappa shape index (κ1) is 7.15. The van der Waals surface area contributed by atoms with E-state index in [4.69, 9.17) is 11.6 Å². The third-order valence-corrected chi connectivity index (χ3v) is 1.01. The van der Waals surface area contributed by atoms with Crippen LogP contribution in [0.25, 0.3) is 0 Å². The van der Waals surface area contributed by atoms with Gasteiger partial charge in [-0.3, -0.25) is 0 Å². The Morgan fingerprint density at radius 3 is 2.60 bits per heavy atom. The van der Waals surface area contributed by atoms with E-state index in [9.17, 15) is 4.79 Å². The van der Waals surface area contributed by atoms with Crippen molar-refractivity contribution in [2.75, 3.05) is 0 Å². The van der Waals surface area contributed by atoms with Gasteiger partial charge in [-0.25, -0.2) is 4.79 Å². The predicted molar refractivity (Wildman–Crippen MR) is 35.5 cm³/mol. The molecule has 0 fully saturated rings. The van der Waals surface area contributed by atoms with Gasteiger partial charge >= 0.3 is 5.43 Å². The van der Waals surface area contributed by atoms with Crippen molar-refractivity contribution in [3.63, 3.8) is 0 Å². The minimum atomic E-state index is -0.818. The van der Waals surface area contributed by atoms with E-state index in [0.717, 1.165) is 0 Å². The highest BCUT2D eigenvalue weighted by Crippen LogP contribution is 2.05. The van der Waals surface area contributed by atoms with Gasteiger partial charge in [-0.05, 0) is 12.2 Å². The zero-order valence-corrected chi connectivity index (χ0v) is 5.75. The maximum Gasteiger partial charge on any atom is 0.404 e. The molecule has 1 aliphatic heterocycles. The van der Waals surface area contributed by atoms with E-state index in [1.807, 2.05) is 0 Å². The van der Waals surface area contributed by atoms with Crippen LogP contribution >= 0.6 is 11.6 Å². The maximum absolute atomic E-state index is 10.1. The van der Waals surface area contributed by atoms with Crippen molar-refractivity contribution < 1.29 is 14.3 Å². The lowest BCUT2D eigenvalue weighted by molar-refractivity contribution is 0.159. The lowest BCUT2D eigenvalue weighted by atomic mass is 10.3. The molecule has 54 valence electrons. The van der Waals surface area contributed by atoms with Gasteiger partial charge in [0.15, 0.2) is 0 Å². The standard InChI is InChI=1S/C6H5ClO3/c7-6(8)10-5-1-3-9-4-2-5/h1-5H. The van der Waals surface area contributed by atoms with Gasteiger partial charge in [-0.1, -0.05) is 0 Å². The Kier molecular flexibility index (Phi) is 2.34. The van der Waals surface area contributed by atoms with Crippen molar-refractivity contribution in [1.29, 1.82) is 0 Å². The molecule has 1 rings (SSSR count). The largest absolute Gasteiger partial charge is 0.473 e.